The lowest BCUT2D eigenvalue weighted by Crippen LogP contribution is -1.93. The zero-order valence-corrected chi connectivity index (χ0v) is 14.4. The molecular formula is C24H22. The van der Waals surface area contributed by atoms with Crippen LogP contribution in [0.5, 0.6) is 0 Å². The number of benzene rings is 4. The first-order valence-electron chi connectivity index (χ1n) is 9.14. The second-order valence-corrected chi connectivity index (χ2v) is 7.27. The summed E-state index contributed by atoms with van der Waals surface area (Å²) in [7, 11) is 0. The van der Waals surface area contributed by atoms with E-state index >= 15 is 0 Å². The Kier molecular flexibility index (Phi) is 2.97. The molecule has 0 heterocycles. The lowest BCUT2D eigenvalue weighted by molar-refractivity contribution is 0.659. The molecule has 0 fully saturated rings. The van der Waals surface area contributed by atoms with E-state index in [2.05, 4.69) is 68.4 Å². The van der Waals surface area contributed by atoms with Crippen LogP contribution in [-0.2, 0) is 6.42 Å². The van der Waals surface area contributed by atoms with Gasteiger partial charge >= 0.3 is 0 Å². The van der Waals surface area contributed by atoms with Crippen LogP contribution in [0, 0.1) is 6.92 Å². The average molecular weight is 310 g/mol. The first-order valence-corrected chi connectivity index (χ1v) is 9.14. The molecule has 1 aliphatic carbocycles. The fraction of sp³-hybridized carbons (Fsp3) is 0.250. The second kappa shape index (κ2) is 5.08. The average Bonchev–Trinajstić information content (AvgIpc) is 3.05. The quantitative estimate of drug-likeness (QED) is 0.336. The fourth-order valence-electron chi connectivity index (χ4n) is 4.80. The first kappa shape index (κ1) is 14.0. The van der Waals surface area contributed by atoms with Gasteiger partial charge in [-0.1, -0.05) is 61.5 Å². The van der Waals surface area contributed by atoms with Gasteiger partial charge in [0.05, 0.1) is 0 Å². The Bertz CT molecular complexity index is 1100. The summed E-state index contributed by atoms with van der Waals surface area (Å²) < 4.78 is 0. The van der Waals surface area contributed by atoms with Gasteiger partial charge in [0.25, 0.3) is 0 Å². The topological polar surface area (TPSA) is 0 Å². The molecule has 0 saturated carbocycles. The predicted molar refractivity (Wildman–Crippen MR) is 105 cm³/mol. The number of hydrogen-bond donors (Lipinski definition) is 0. The normalized spacial score (nSPS) is 17.0. The molecule has 0 spiro atoms. The van der Waals surface area contributed by atoms with Crippen LogP contribution < -0.4 is 0 Å². The van der Waals surface area contributed by atoms with Crippen LogP contribution in [0.2, 0.25) is 0 Å². The zero-order valence-electron chi connectivity index (χ0n) is 14.4. The van der Waals surface area contributed by atoms with Gasteiger partial charge in [-0.3, -0.25) is 0 Å². The molecule has 5 rings (SSSR count). The fourth-order valence-corrected chi connectivity index (χ4v) is 4.80. The molecule has 0 amide bonds. The highest BCUT2D eigenvalue weighted by Gasteiger charge is 2.23. The minimum Gasteiger partial charge on any atom is -0.0648 e. The van der Waals surface area contributed by atoms with Gasteiger partial charge < -0.3 is 0 Å². The molecule has 4 aromatic carbocycles. The summed E-state index contributed by atoms with van der Waals surface area (Å²) >= 11 is 0. The van der Waals surface area contributed by atoms with Gasteiger partial charge in [-0.2, -0.15) is 0 Å². The molecule has 0 nitrogen and oxygen atoms in total. The van der Waals surface area contributed by atoms with Crippen molar-refractivity contribution in [1.82, 2.24) is 0 Å². The first-order chi connectivity index (χ1) is 11.8. The molecule has 0 radical (unpaired) electrons. The van der Waals surface area contributed by atoms with Crippen LogP contribution in [0.4, 0.5) is 0 Å². The van der Waals surface area contributed by atoms with Crippen molar-refractivity contribution in [1.29, 1.82) is 0 Å². The molecular weight excluding hydrogens is 288 g/mol. The van der Waals surface area contributed by atoms with E-state index in [0.29, 0.717) is 0 Å². The van der Waals surface area contributed by atoms with Crippen molar-refractivity contribution in [3.8, 4) is 0 Å². The van der Waals surface area contributed by atoms with Gasteiger partial charge in [0.2, 0.25) is 0 Å². The minimum atomic E-state index is 0.740. The van der Waals surface area contributed by atoms with E-state index in [9.17, 15) is 0 Å². The molecule has 0 N–H and O–H groups in total. The van der Waals surface area contributed by atoms with Crippen LogP contribution >= 0.6 is 0 Å². The van der Waals surface area contributed by atoms with E-state index in [0.717, 1.165) is 5.92 Å². The van der Waals surface area contributed by atoms with Crippen molar-refractivity contribution < 1.29 is 0 Å². The molecule has 0 aromatic heterocycles. The maximum Gasteiger partial charge on any atom is -0.00989 e. The standard InChI is InChI=1S/C24H22/c1-3-16-7-8-17-9-10-22-21-12-11-18-15(2)5-4-6-19(18)20(21)13-14-23(22)24(16)17/h4-6,9-14,16H,3,7-8H2,1-2H3/t16-/m1/s1. The van der Waals surface area contributed by atoms with Gasteiger partial charge in [0, 0.05) is 0 Å². The molecule has 4 aromatic rings. The molecule has 24 heavy (non-hydrogen) atoms. The highest BCUT2D eigenvalue weighted by atomic mass is 14.3. The van der Waals surface area contributed by atoms with Gasteiger partial charge in [-0.25, -0.2) is 0 Å². The zero-order chi connectivity index (χ0) is 16.3. The maximum atomic E-state index is 2.38. The van der Waals surface area contributed by atoms with E-state index in [-0.39, 0.29) is 0 Å². The summed E-state index contributed by atoms with van der Waals surface area (Å²) in [6, 6.07) is 20.7. The summed E-state index contributed by atoms with van der Waals surface area (Å²) in [4.78, 5) is 0. The Balaban J connectivity index is 1.92. The summed E-state index contributed by atoms with van der Waals surface area (Å²) in [5, 5.41) is 8.44. The van der Waals surface area contributed by atoms with Gasteiger partial charge in [-0.15, -0.1) is 0 Å². The van der Waals surface area contributed by atoms with E-state index in [1.165, 1.54) is 57.1 Å². The Morgan fingerprint density at radius 3 is 2.17 bits per heavy atom. The molecule has 1 atom stereocenters. The molecule has 0 unspecified atom stereocenters. The Morgan fingerprint density at radius 1 is 0.750 bits per heavy atom. The predicted octanol–water partition coefficient (Wildman–Crippen LogP) is 6.89. The van der Waals surface area contributed by atoms with Crippen molar-refractivity contribution in [2.24, 2.45) is 0 Å². The van der Waals surface area contributed by atoms with Crippen LogP contribution in [0.1, 0.15) is 42.4 Å². The highest BCUT2D eigenvalue weighted by Crippen LogP contribution is 2.42. The van der Waals surface area contributed by atoms with Crippen LogP contribution in [-0.4, -0.2) is 0 Å². The van der Waals surface area contributed by atoms with Crippen LogP contribution in [0.3, 0.4) is 0 Å². The Hall–Kier alpha value is -2.34. The van der Waals surface area contributed by atoms with E-state index < -0.39 is 0 Å². The van der Waals surface area contributed by atoms with E-state index in [4.69, 9.17) is 0 Å². The van der Waals surface area contributed by atoms with Gasteiger partial charge in [0.1, 0.15) is 0 Å². The maximum absolute atomic E-state index is 2.38. The molecule has 0 bridgehead atoms. The van der Waals surface area contributed by atoms with Crippen molar-refractivity contribution in [2.45, 2.75) is 39.0 Å². The lowest BCUT2D eigenvalue weighted by atomic mass is 9.89. The van der Waals surface area contributed by atoms with Crippen molar-refractivity contribution >= 4 is 32.3 Å². The number of rotatable bonds is 1. The number of fused-ring (bicyclic) bond motifs is 7. The Morgan fingerprint density at radius 2 is 1.38 bits per heavy atom. The molecule has 1 aliphatic rings. The summed E-state index contributed by atoms with van der Waals surface area (Å²) in [5.41, 5.74) is 4.56. The van der Waals surface area contributed by atoms with Crippen LogP contribution in [0.15, 0.2) is 54.6 Å². The molecule has 0 saturated heterocycles. The number of hydrogen-bond acceptors (Lipinski definition) is 0. The summed E-state index contributed by atoms with van der Waals surface area (Å²) in [5.74, 6) is 0.740. The van der Waals surface area contributed by atoms with Crippen molar-refractivity contribution in [3.05, 3.63) is 71.3 Å². The smallest absolute Gasteiger partial charge is 0.00989 e. The highest BCUT2D eigenvalue weighted by molar-refractivity contribution is 6.18. The lowest BCUT2D eigenvalue weighted by Gasteiger charge is -2.15. The summed E-state index contributed by atoms with van der Waals surface area (Å²) in [6.45, 7) is 4.53. The summed E-state index contributed by atoms with van der Waals surface area (Å²) in [6.07, 6.45) is 3.82. The molecule has 118 valence electrons. The third kappa shape index (κ3) is 1.80. The van der Waals surface area contributed by atoms with Gasteiger partial charge in [-0.05, 0) is 81.1 Å². The largest absolute Gasteiger partial charge is 0.0648 e. The van der Waals surface area contributed by atoms with Gasteiger partial charge in [0.15, 0.2) is 0 Å². The SMILES string of the molecule is CC[C@@H]1CCc2ccc3c(ccc4c5cccc(C)c5ccc34)c21. The Labute approximate surface area is 143 Å². The van der Waals surface area contributed by atoms with E-state index in [1.54, 1.807) is 11.1 Å². The third-order valence-electron chi connectivity index (χ3n) is 6.07. The molecule has 0 aliphatic heterocycles. The van der Waals surface area contributed by atoms with E-state index in [1.807, 2.05) is 0 Å². The molecule has 0 heteroatoms. The van der Waals surface area contributed by atoms with Crippen LogP contribution in [0.25, 0.3) is 32.3 Å². The monoisotopic (exact) mass is 310 g/mol. The third-order valence-corrected chi connectivity index (χ3v) is 6.07. The minimum absolute atomic E-state index is 0.740. The van der Waals surface area contributed by atoms with Crippen molar-refractivity contribution in [3.63, 3.8) is 0 Å². The van der Waals surface area contributed by atoms with Crippen molar-refractivity contribution in [2.75, 3.05) is 0 Å². The number of aryl methyl sites for hydroxylation is 2. The second-order valence-electron chi connectivity index (χ2n) is 7.27.